The minimum atomic E-state index is -4.35. The highest BCUT2D eigenvalue weighted by atomic mass is 32.2. The van der Waals surface area contributed by atoms with E-state index < -0.39 is 38.6 Å². The van der Waals surface area contributed by atoms with Gasteiger partial charge < -0.3 is 9.63 Å². The standard InChI is InChI=1S/C28H27F2N3O5S/c1-3-4-5-18-7-10-20(11-8-18)27-31-26(32-38-27)22-13-9-19(14-24(22)30)15-25(28(34)35)33-39(36,37)21-12-6-17(2)23(29)16-21/h6-14,16,25,33H,3-5,15H2,1-2H3,(H,34,35). The summed E-state index contributed by atoms with van der Waals surface area (Å²) >= 11 is 0. The Bertz CT molecular complexity index is 1590. The number of hydrogen-bond donors (Lipinski definition) is 2. The first-order valence-corrected chi connectivity index (χ1v) is 13.8. The molecule has 0 spiro atoms. The van der Waals surface area contributed by atoms with Crippen LogP contribution in [0.2, 0.25) is 0 Å². The van der Waals surface area contributed by atoms with Crippen molar-refractivity contribution in [3.05, 3.63) is 89.0 Å². The summed E-state index contributed by atoms with van der Waals surface area (Å²) in [5.74, 6) is -2.71. The predicted molar refractivity (Wildman–Crippen MR) is 140 cm³/mol. The van der Waals surface area contributed by atoms with Crippen molar-refractivity contribution in [1.82, 2.24) is 14.9 Å². The van der Waals surface area contributed by atoms with Gasteiger partial charge in [0.05, 0.1) is 10.5 Å². The third-order valence-corrected chi connectivity index (χ3v) is 7.68. The number of sulfonamides is 1. The van der Waals surface area contributed by atoms with Gasteiger partial charge in [-0.2, -0.15) is 9.71 Å². The molecule has 0 saturated carbocycles. The summed E-state index contributed by atoms with van der Waals surface area (Å²) in [6.45, 7) is 3.60. The molecule has 1 aromatic heterocycles. The third kappa shape index (κ3) is 6.73. The minimum absolute atomic E-state index is 0.0148. The zero-order valence-corrected chi connectivity index (χ0v) is 22.1. The molecule has 0 aliphatic heterocycles. The highest BCUT2D eigenvalue weighted by Gasteiger charge is 2.27. The molecule has 0 aliphatic rings. The maximum atomic E-state index is 15.0. The van der Waals surface area contributed by atoms with Gasteiger partial charge in [0, 0.05) is 5.56 Å². The first-order valence-electron chi connectivity index (χ1n) is 12.3. The molecule has 1 atom stereocenters. The number of benzene rings is 3. The van der Waals surface area contributed by atoms with Gasteiger partial charge in [-0.05, 0) is 79.3 Å². The van der Waals surface area contributed by atoms with Crippen LogP contribution in [0.4, 0.5) is 8.78 Å². The number of hydrogen-bond acceptors (Lipinski definition) is 6. The van der Waals surface area contributed by atoms with E-state index in [0.717, 1.165) is 31.4 Å². The van der Waals surface area contributed by atoms with E-state index in [-0.39, 0.29) is 34.8 Å². The quantitative estimate of drug-likeness (QED) is 0.257. The summed E-state index contributed by atoms with van der Waals surface area (Å²) in [5.41, 5.74) is 2.38. The summed E-state index contributed by atoms with van der Waals surface area (Å²) < 4.78 is 61.5. The molecule has 1 heterocycles. The largest absolute Gasteiger partial charge is 0.480 e. The molecule has 4 rings (SSSR count). The summed E-state index contributed by atoms with van der Waals surface area (Å²) in [6.07, 6.45) is 2.80. The second-order valence-electron chi connectivity index (χ2n) is 9.17. The maximum Gasteiger partial charge on any atom is 0.322 e. The molecule has 0 bridgehead atoms. The third-order valence-electron chi connectivity index (χ3n) is 6.21. The van der Waals surface area contributed by atoms with Crippen LogP contribution in [0.25, 0.3) is 22.8 Å². The normalized spacial score (nSPS) is 12.4. The summed E-state index contributed by atoms with van der Waals surface area (Å²) in [4.78, 5) is 15.7. The van der Waals surface area contributed by atoms with E-state index in [1.54, 1.807) is 0 Å². The molecule has 11 heteroatoms. The Morgan fingerprint density at radius 3 is 2.38 bits per heavy atom. The van der Waals surface area contributed by atoms with E-state index in [4.69, 9.17) is 4.52 Å². The van der Waals surface area contributed by atoms with Gasteiger partial charge in [0.1, 0.15) is 17.7 Å². The Morgan fingerprint density at radius 1 is 1.03 bits per heavy atom. The number of unbranched alkanes of at least 4 members (excludes halogenated alkanes) is 1. The molecule has 1 unspecified atom stereocenters. The Balaban J connectivity index is 1.49. The first kappa shape index (κ1) is 28.1. The lowest BCUT2D eigenvalue weighted by atomic mass is 10.0. The summed E-state index contributed by atoms with van der Waals surface area (Å²) in [6, 6.07) is 13.2. The number of aromatic nitrogens is 2. The highest BCUT2D eigenvalue weighted by Crippen LogP contribution is 2.26. The number of carboxylic acid groups (broad SMARTS) is 1. The van der Waals surface area contributed by atoms with E-state index in [1.165, 1.54) is 36.8 Å². The average Bonchev–Trinajstić information content (AvgIpc) is 3.39. The molecule has 8 nitrogen and oxygen atoms in total. The zero-order chi connectivity index (χ0) is 28.2. The van der Waals surface area contributed by atoms with Crippen molar-refractivity contribution in [2.45, 2.75) is 50.5 Å². The van der Waals surface area contributed by atoms with Gasteiger partial charge in [-0.3, -0.25) is 4.79 Å². The van der Waals surface area contributed by atoms with Crippen LogP contribution in [0.5, 0.6) is 0 Å². The van der Waals surface area contributed by atoms with Gasteiger partial charge in [0.2, 0.25) is 15.8 Å². The molecule has 204 valence electrons. The molecule has 0 saturated heterocycles. The number of nitrogens with zero attached hydrogens (tertiary/aromatic N) is 2. The SMILES string of the molecule is CCCCc1ccc(-c2nc(-c3ccc(CC(NS(=O)(=O)c4ccc(C)c(F)c4)C(=O)O)cc3F)no2)cc1. The molecule has 0 radical (unpaired) electrons. The van der Waals surface area contributed by atoms with Crippen LogP contribution >= 0.6 is 0 Å². The zero-order valence-electron chi connectivity index (χ0n) is 21.3. The first-order chi connectivity index (χ1) is 18.6. The molecule has 3 aromatic carbocycles. The number of rotatable bonds is 11. The Hall–Kier alpha value is -3.96. The van der Waals surface area contributed by atoms with Gasteiger partial charge in [0.15, 0.2) is 0 Å². The minimum Gasteiger partial charge on any atom is -0.480 e. The van der Waals surface area contributed by atoms with Crippen LogP contribution in [-0.2, 0) is 27.7 Å². The van der Waals surface area contributed by atoms with Crippen molar-refractivity contribution >= 4 is 16.0 Å². The number of aryl methyl sites for hydroxylation is 2. The Labute approximate surface area is 224 Å². The Kier molecular flexibility index (Phi) is 8.51. The van der Waals surface area contributed by atoms with Crippen molar-refractivity contribution in [3.63, 3.8) is 0 Å². The number of carbonyl (C=O) groups is 1. The van der Waals surface area contributed by atoms with E-state index in [2.05, 4.69) is 21.8 Å². The van der Waals surface area contributed by atoms with Gasteiger partial charge in [0.25, 0.3) is 5.89 Å². The predicted octanol–water partition coefficient (Wildman–Crippen LogP) is 5.31. The molecule has 0 fully saturated rings. The van der Waals surface area contributed by atoms with E-state index >= 15 is 4.39 Å². The molecule has 2 N–H and O–H groups in total. The van der Waals surface area contributed by atoms with E-state index in [0.29, 0.717) is 5.56 Å². The smallest absolute Gasteiger partial charge is 0.322 e. The van der Waals surface area contributed by atoms with Gasteiger partial charge >= 0.3 is 5.97 Å². The van der Waals surface area contributed by atoms with Crippen LogP contribution in [-0.4, -0.2) is 35.7 Å². The number of carboxylic acids is 1. The second-order valence-corrected chi connectivity index (χ2v) is 10.9. The molecule has 4 aromatic rings. The highest BCUT2D eigenvalue weighted by molar-refractivity contribution is 7.89. The average molecular weight is 556 g/mol. The summed E-state index contributed by atoms with van der Waals surface area (Å²) in [7, 11) is -4.35. The van der Waals surface area contributed by atoms with Crippen molar-refractivity contribution < 1.29 is 31.6 Å². The Morgan fingerprint density at radius 2 is 1.74 bits per heavy atom. The molecule has 39 heavy (non-hydrogen) atoms. The monoisotopic (exact) mass is 555 g/mol. The number of halogens is 2. The second kappa shape index (κ2) is 11.8. The summed E-state index contributed by atoms with van der Waals surface area (Å²) in [5, 5.41) is 13.5. The van der Waals surface area contributed by atoms with Crippen LogP contribution in [0.15, 0.2) is 70.1 Å². The fourth-order valence-electron chi connectivity index (χ4n) is 3.92. The van der Waals surface area contributed by atoms with Gasteiger partial charge in [-0.25, -0.2) is 17.2 Å². The van der Waals surface area contributed by atoms with Crippen molar-refractivity contribution in [2.24, 2.45) is 0 Å². The van der Waals surface area contributed by atoms with Crippen molar-refractivity contribution in [1.29, 1.82) is 0 Å². The fraction of sp³-hybridized carbons (Fsp3) is 0.250. The van der Waals surface area contributed by atoms with Crippen LogP contribution < -0.4 is 4.72 Å². The molecular formula is C28H27F2N3O5S. The van der Waals surface area contributed by atoms with Crippen LogP contribution in [0.3, 0.4) is 0 Å². The number of nitrogens with one attached hydrogen (secondary N) is 1. The topological polar surface area (TPSA) is 122 Å². The maximum absolute atomic E-state index is 15.0. The van der Waals surface area contributed by atoms with Gasteiger partial charge in [-0.15, -0.1) is 0 Å². The van der Waals surface area contributed by atoms with Crippen LogP contribution in [0, 0.1) is 18.6 Å². The lowest BCUT2D eigenvalue weighted by Gasteiger charge is -2.15. The molecule has 0 amide bonds. The van der Waals surface area contributed by atoms with E-state index in [1.807, 2.05) is 24.3 Å². The lowest BCUT2D eigenvalue weighted by molar-refractivity contribution is -0.138. The van der Waals surface area contributed by atoms with Crippen LogP contribution in [0.1, 0.15) is 36.5 Å². The van der Waals surface area contributed by atoms with Crippen molar-refractivity contribution in [3.8, 4) is 22.8 Å². The molecule has 0 aliphatic carbocycles. The van der Waals surface area contributed by atoms with E-state index in [9.17, 15) is 22.7 Å². The fourth-order valence-corrected chi connectivity index (χ4v) is 5.12. The van der Waals surface area contributed by atoms with Crippen molar-refractivity contribution in [2.75, 3.05) is 0 Å². The van der Waals surface area contributed by atoms with Gasteiger partial charge in [-0.1, -0.05) is 42.8 Å². The lowest BCUT2D eigenvalue weighted by Crippen LogP contribution is -2.42. The number of aliphatic carboxylic acids is 1. The molecular weight excluding hydrogens is 528 g/mol.